The number of nitrogens with zero attached hydrogens (tertiary/aromatic N) is 1. The summed E-state index contributed by atoms with van der Waals surface area (Å²) in [5.41, 5.74) is 1.07. The van der Waals surface area contributed by atoms with Crippen LogP contribution in [0.4, 0.5) is 0 Å². The van der Waals surface area contributed by atoms with Gasteiger partial charge < -0.3 is 0 Å². The Kier molecular flexibility index (Phi) is 4.41. The zero-order chi connectivity index (χ0) is 7.28. The molecule has 0 aromatic heterocycles. The fourth-order valence-corrected chi connectivity index (χ4v) is 0.470. The van der Waals surface area contributed by atoms with Crippen molar-refractivity contribution in [3.8, 4) is 0 Å². The van der Waals surface area contributed by atoms with Crippen molar-refractivity contribution in [3.05, 3.63) is 11.2 Å². The minimum absolute atomic E-state index is 0.578. The van der Waals surface area contributed by atoms with Crippen molar-refractivity contribution in [2.75, 3.05) is 0 Å². The summed E-state index contributed by atoms with van der Waals surface area (Å²) in [6.07, 6.45) is 2.74. The van der Waals surface area contributed by atoms with Crippen molar-refractivity contribution in [2.24, 2.45) is 4.99 Å². The van der Waals surface area contributed by atoms with Gasteiger partial charge in [0.25, 0.3) is 0 Å². The highest BCUT2D eigenvalue weighted by molar-refractivity contribution is 6.29. The molecule has 0 unspecified atom stereocenters. The van der Waals surface area contributed by atoms with E-state index in [9.17, 15) is 0 Å². The van der Waals surface area contributed by atoms with Gasteiger partial charge in [-0.05, 0) is 20.3 Å². The lowest BCUT2D eigenvalue weighted by atomic mass is 10.3. The highest BCUT2D eigenvalue weighted by Crippen LogP contribution is 2.03. The molecular formula is C7H12ClN. The van der Waals surface area contributed by atoms with E-state index in [1.807, 2.05) is 13.8 Å². The lowest BCUT2D eigenvalue weighted by Gasteiger charge is -1.91. The Morgan fingerprint density at radius 3 is 2.56 bits per heavy atom. The van der Waals surface area contributed by atoms with Gasteiger partial charge in [-0.3, -0.25) is 0 Å². The van der Waals surface area contributed by atoms with Gasteiger partial charge in [0.2, 0.25) is 0 Å². The van der Waals surface area contributed by atoms with Crippen molar-refractivity contribution in [2.45, 2.75) is 27.2 Å². The summed E-state index contributed by atoms with van der Waals surface area (Å²) in [4.78, 5) is 4.06. The Labute approximate surface area is 61.4 Å². The predicted molar refractivity (Wildman–Crippen MR) is 43.0 cm³/mol. The van der Waals surface area contributed by atoms with Crippen LogP contribution in [0.5, 0.6) is 0 Å². The van der Waals surface area contributed by atoms with Gasteiger partial charge in [0.15, 0.2) is 0 Å². The molecule has 0 aliphatic rings. The normalized spacial score (nSPS) is 14.2. The van der Waals surface area contributed by atoms with E-state index in [2.05, 4.69) is 11.9 Å². The van der Waals surface area contributed by atoms with Crippen molar-refractivity contribution >= 4 is 17.3 Å². The first-order valence-corrected chi connectivity index (χ1v) is 3.44. The molecule has 0 spiro atoms. The second-order valence-corrected chi connectivity index (χ2v) is 2.20. The van der Waals surface area contributed by atoms with Gasteiger partial charge in [0.1, 0.15) is 5.16 Å². The summed E-state index contributed by atoms with van der Waals surface area (Å²) in [6.45, 7) is 5.89. The van der Waals surface area contributed by atoms with Crippen LogP contribution in [0, 0.1) is 0 Å². The molecule has 0 aromatic carbocycles. The van der Waals surface area contributed by atoms with E-state index in [0.717, 1.165) is 12.1 Å². The predicted octanol–water partition coefficient (Wildman–Crippen LogP) is 2.96. The van der Waals surface area contributed by atoms with Crippen LogP contribution in [0.2, 0.25) is 0 Å². The van der Waals surface area contributed by atoms with Gasteiger partial charge in [-0.2, -0.15) is 0 Å². The molecule has 2 heteroatoms. The molecule has 0 aliphatic carbocycles. The van der Waals surface area contributed by atoms with Crippen LogP contribution >= 0.6 is 11.6 Å². The van der Waals surface area contributed by atoms with E-state index in [1.165, 1.54) is 0 Å². The van der Waals surface area contributed by atoms with Crippen molar-refractivity contribution < 1.29 is 0 Å². The van der Waals surface area contributed by atoms with E-state index >= 15 is 0 Å². The Morgan fingerprint density at radius 2 is 2.22 bits per heavy atom. The van der Waals surface area contributed by atoms with Crippen LogP contribution in [0.15, 0.2) is 16.2 Å². The van der Waals surface area contributed by atoms with Crippen LogP contribution < -0.4 is 0 Å². The van der Waals surface area contributed by atoms with E-state index < -0.39 is 0 Å². The molecule has 0 radical (unpaired) electrons. The maximum atomic E-state index is 5.61. The summed E-state index contributed by atoms with van der Waals surface area (Å²) < 4.78 is 0. The third-order valence-electron chi connectivity index (χ3n) is 1.05. The molecule has 0 bridgehead atoms. The SMILES string of the molecule is C/C=C(Cl)\N=C(\C)CC. The number of hydrogen-bond donors (Lipinski definition) is 0. The van der Waals surface area contributed by atoms with Crippen molar-refractivity contribution in [1.82, 2.24) is 0 Å². The van der Waals surface area contributed by atoms with Crippen LogP contribution in [0.3, 0.4) is 0 Å². The number of rotatable bonds is 2. The summed E-state index contributed by atoms with van der Waals surface area (Å²) in [5.74, 6) is 0. The molecule has 1 nitrogen and oxygen atoms in total. The summed E-state index contributed by atoms with van der Waals surface area (Å²) in [7, 11) is 0. The zero-order valence-electron chi connectivity index (χ0n) is 6.11. The number of halogens is 1. The molecular weight excluding hydrogens is 134 g/mol. The molecule has 0 rings (SSSR count). The Morgan fingerprint density at radius 1 is 1.67 bits per heavy atom. The summed E-state index contributed by atoms with van der Waals surface area (Å²) >= 11 is 5.61. The third-order valence-corrected chi connectivity index (χ3v) is 1.35. The standard InChI is InChI=1S/C7H12ClN/c1-4-6(3)9-7(8)5-2/h5H,4H2,1-3H3/b7-5-,9-6-. The minimum atomic E-state index is 0.578. The van der Waals surface area contributed by atoms with E-state index in [-0.39, 0.29) is 0 Å². The molecule has 0 atom stereocenters. The molecule has 0 saturated carbocycles. The van der Waals surface area contributed by atoms with Crippen LogP contribution in [0.1, 0.15) is 27.2 Å². The van der Waals surface area contributed by atoms with Crippen molar-refractivity contribution in [3.63, 3.8) is 0 Å². The van der Waals surface area contributed by atoms with Crippen LogP contribution in [0.25, 0.3) is 0 Å². The lowest BCUT2D eigenvalue weighted by molar-refractivity contribution is 1.24. The molecule has 0 N–H and O–H groups in total. The minimum Gasteiger partial charge on any atom is -0.246 e. The molecule has 0 heterocycles. The topological polar surface area (TPSA) is 12.4 Å². The van der Waals surface area contributed by atoms with Crippen molar-refractivity contribution in [1.29, 1.82) is 0 Å². The molecule has 9 heavy (non-hydrogen) atoms. The van der Waals surface area contributed by atoms with E-state index in [1.54, 1.807) is 6.08 Å². The molecule has 0 fully saturated rings. The quantitative estimate of drug-likeness (QED) is 0.419. The van der Waals surface area contributed by atoms with E-state index in [0.29, 0.717) is 5.16 Å². The average molecular weight is 146 g/mol. The Hall–Kier alpha value is -0.300. The fourth-order valence-electron chi connectivity index (χ4n) is 0.326. The Balaban J connectivity index is 3.95. The second-order valence-electron chi connectivity index (χ2n) is 1.81. The van der Waals surface area contributed by atoms with Crippen LogP contribution in [-0.2, 0) is 0 Å². The molecule has 52 valence electrons. The number of allylic oxidation sites excluding steroid dienone is 1. The second kappa shape index (κ2) is 4.57. The first kappa shape index (κ1) is 8.70. The molecule has 0 saturated heterocycles. The van der Waals surface area contributed by atoms with Gasteiger partial charge in [-0.1, -0.05) is 24.6 Å². The van der Waals surface area contributed by atoms with Gasteiger partial charge in [0.05, 0.1) is 0 Å². The maximum Gasteiger partial charge on any atom is 0.124 e. The molecule has 0 aliphatic heterocycles. The third kappa shape index (κ3) is 4.22. The smallest absolute Gasteiger partial charge is 0.124 e. The van der Waals surface area contributed by atoms with Crippen LogP contribution in [-0.4, -0.2) is 5.71 Å². The lowest BCUT2D eigenvalue weighted by Crippen LogP contribution is -1.85. The zero-order valence-corrected chi connectivity index (χ0v) is 6.87. The van der Waals surface area contributed by atoms with Gasteiger partial charge >= 0.3 is 0 Å². The number of hydrogen-bond acceptors (Lipinski definition) is 1. The monoisotopic (exact) mass is 145 g/mol. The fraction of sp³-hybridized carbons (Fsp3) is 0.571. The van der Waals surface area contributed by atoms with Gasteiger partial charge in [0, 0.05) is 5.71 Å². The highest BCUT2D eigenvalue weighted by Gasteiger charge is 1.85. The average Bonchev–Trinajstić information content (AvgIpc) is 1.87. The maximum absolute atomic E-state index is 5.61. The summed E-state index contributed by atoms with van der Waals surface area (Å²) in [6, 6.07) is 0. The largest absolute Gasteiger partial charge is 0.246 e. The van der Waals surface area contributed by atoms with E-state index in [4.69, 9.17) is 11.6 Å². The highest BCUT2D eigenvalue weighted by atomic mass is 35.5. The van der Waals surface area contributed by atoms with Gasteiger partial charge in [-0.25, -0.2) is 4.99 Å². The molecule has 0 amide bonds. The first-order valence-electron chi connectivity index (χ1n) is 3.06. The van der Waals surface area contributed by atoms with Gasteiger partial charge in [-0.15, -0.1) is 0 Å². The summed E-state index contributed by atoms with van der Waals surface area (Å²) in [5, 5.41) is 0.578. The Bertz CT molecular complexity index is 136. The molecule has 0 aromatic rings. The first-order chi connectivity index (χ1) is 4.20. The number of aliphatic imine (C=N–C) groups is 1.